The molecular formula is C18H18ClNOS. The van der Waals surface area contributed by atoms with Crippen molar-refractivity contribution in [1.29, 1.82) is 0 Å². The first-order valence-electron chi connectivity index (χ1n) is 6.89. The number of hydrogen-bond acceptors (Lipinski definition) is 3. The molecule has 0 spiro atoms. The molecule has 4 heteroatoms. The van der Waals surface area contributed by atoms with Gasteiger partial charge in [-0.25, -0.2) is 0 Å². The van der Waals surface area contributed by atoms with E-state index in [1.54, 1.807) is 0 Å². The number of carbonyl (C=O) groups is 1. The lowest BCUT2D eigenvalue weighted by Gasteiger charge is -2.11. The highest BCUT2D eigenvalue weighted by molar-refractivity contribution is 8.04. The molecule has 2 nitrogen and oxygen atoms in total. The summed E-state index contributed by atoms with van der Waals surface area (Å²) in [6.45, 7) is 2.01. The minimum absolute atomic E-state index is 0.0219. The molecule has 0 atom stereocenters. The number of aryl methyl sites for hydroxylation is 1. The van der Waals surface area contributed by atoms with E-state index in [4.69, 9.17) is 11.6 Å². The van der Waals surface area contributed by atoms with Crippen LogP contribution in [0.1, 0.15) is 15.9 Å². The monoisotopic (exact) mass is 331 g/mol. The van der Waals surface area contributed by atoms with Crippen molar-refractivity contribution in [2.24, 2.45) is 0 Å². The van der Waals surface area contributed by atoms with Gasteiger partial charge < -0.3 is 4.90 Å². The van der Waals surface area contributed by atoms with Crippen molar-refractivity contribution in [3.63, 3.8) is 0 Å². The van der Waals surface area contributed by atoms with Crippen LogP contribution in [-0.2, 0) is 0 Å². The van der Waals surface area contributed by atoms with Crippen molar-refractivity contribution in [3.8, 4) is 0 Å². The number of carbonyl (C=O) groups excluding carboxylic acids is 1. The molecule has 0 N–H and O–H groups in total. The minimum atomic E-state index is 0.0219. The largest absolute Gasteiger partial charge is 0.382 e. The zero-order chi connectivity index (χ0) is 16.1. The fraction of sp³-hybridized carbons (Fsp3) is 0.167. The third-order valence-electron chi connectivity index (χ3n) is 2.95. The van der Waals surface area contributed by atoms with E-state index < -0.39 is 0 Å². The second-order valence-electron chi connectivity index (χ2n) is 5.21. The average molecular weight is 332 g/mol. The summed E-state index contributed by atoms with van der Waals surface area (Å²) >= 11 is 7.35. The summed E-state index contributed by atoms with van der Waals surface area (Å²) in [5.41, 5.74) is 1.83. The standard InChI is InChI=1S/C18H18ClNOS/c1-13-4-6-14(7-5-13)18(21)17(12-20(2)3)22-16-10-8-15(19)9-11-16/h4-12H,1-3H3/b17-12-. The molecule has 0 bridgehead atoms. The number of nitrogens with zero attached hydrogens (tertiary/aromatic N) is 1. The van der Waals surface area contributed by atoms with Gasteiger partial charge in [0.05, 0.1) is 4.91 Å². The SMILES string of the molecule is Cc1ccc(C(=O)/C(=C/N(C)C)Sc2ccc(Cl)cc2)cc1. The summed E-state index contributed by atoms with van der Waals surface area (Å²) in [5.74, 6) is 0.0219. The summed E-state index contributed by atoms with van der Waals surface area (Å²) < 4.78 is 0. The Labute approximate surface area is 140 Å². The lowest BCUT2D eigenvalue weighted by Crippen LogP contribution is -2.08. The van der Waals surface area contributed by atoms with E-state index in [9.17, 15) is 4.79 Å². The highest BCUT2D eigenvalue weighted by Gasteiger charge is 2.14. The highest BCUT2D eigenvalue weighted by Crippen LogP contribution is 2.30. The van der Waals surface area contributed by atoms with E-state index in [-0.39, 0.29) is 5.78 Å². The van der Waals surface area contributed by atoms with Gasteiger partial charge in [-0.15, -0.1) is 0 Å². The summed E-state index contributed by atoms with van der Waals surface area (Å²) in [6.07, 6.45) is 1.85. The van der Waals surface area contributed by atoms with Gasteiger partial charge in [0.1, 0.15) is 0 Å². The van der Waals surface area contributed by atoms with E-state index in [2.05, 4.69) is 0 Å². The molecule has 22 heavy (non-hydrogen) atoms. The molecule has 0 saturated heterocycles. The van der Waals surface area contributed by atoms with Gasteiger partial charge in [0, 0.05) is 35.8 Å². The van der Waals surface area contributed by atoms with Crippen LogP contribution in [0.3, 0.4) is 0 Å². The first kappa shape index (κ1) is 16.7. The molecule has 0 heterocycles. The Morgan fingerprint density at radius 3 is 2.18 bits per heavy atom. The number of halogens is 1. The van der Waals surface area contributed by atoms with Crippen LogP contribution in [0.15, 0.2) is 64.5 Å². The molecule has 0 aromatic heterocycles. The molecule has 0 unspecified atom stereocenters. The number of allylic oxidation sites excluding steroid dienone is 1. The molecule has 0 radical (unpaired) electrons. The first-order valence-corrected chi connectivity index (χ1v) is 8.08. The van der Waals surface area contributed by atoms with Crippen molar-refractivity contribution < 1.29 is 4.79 Å². The van der Waals surface area contributed by atoms with Crippen molar-refractivity contribution in [2.75, 3.05) is 14.1 Å². The maximum atomic E-state index is 12.7. The van der Waals surface area contributed by atoms with Crippen LogP contribution in [0, 0.1) is 6.92 Å². The van der Waals surface area contributed by atoms with Crippen LogP contribution < -0.4 is 0 Å². The van der Waals surface area contributed by atoms with E-state index in [1.807, 2.05) is 80.6 Å². The summed E-state index contributed by atoms with van der Waals surface area (Å²) in [5, 5.41) is 0.687. The van der Waals surface area contributed by atoms with Gasteiger partial charge in [-0.1, -0.05) is 53.2 Å². The van der Waals surface area contributed by atoms with Gasteiger partial charge in [-0.2, -0.15) is 0 Å². The first-order chi connectivity index (χ1) is 10.5. The smallest absolute Gasteiger partial charge is 0.201 e. The van der Waals surface area contributed by atoms with E-state index in [1.165, 1.54) is 11.8 Å². The molecule has 0 saturated carbocycles. The van der Waals surface area contributed by atoms with E-state index in [0.29, 0.717) is 15.5 Å². The third kappa shape index (κ3) is 4.65. The molecule has 2 aromatic carbocycles. The fourth-order valence-electron chi connectivity index (χ4n) is 1.84. The fourth-order valence-corrected chi connectivity index (χ4v) is 2.97. The number of hydrogen-bond donors (Lipinski definition) is 0. The van der Waals surface area contributed by atoms with Gasteiger partial charge in [0.15, 0.2) is 0 Å². The van der Waals surface area contributed by atoms with Gasteiger partial charge >= 0.3 is 0 Å². The zero-order valence-electron chi connectivity index (χ0n) is 12.8. The van der Waals surface area contributed by atoms with Crippen LogP contribution in [-0.4, -0.2) is 24.8 Å². The molecule has 2 rings (SSSR count). The number of ketones is 1. The normalized spacial score (nSPS) is 11.4. The predicted octanol–water partition coefficient (Wildman–Crippen LogP) is 5.03. The summed E-state index contributed by atoms with van der Waals surface area (Å²) in [6, 6.07) is 15.1. The molecule has 2 aromatic rings. The molecule has 0 aliphatic carbocycles. The Balaban J connectivity index is 2.28. The predicted molar refractivity (Wildman–Crippen MR) is 94.6 cm³/mol. The Morgan fingerprint density at radius 2 is 1.64 bits per heavy atom. The lowest BCUT2D eigenvalue weighted by atomic mass is 10.1. The van der Waals surface area contributed by atoms with Gasteiger partial charge in [-0.3, -0.25) is 4.79 Å². The van der Waals surface area contributed by atoms with Crippen molar-refractivity contribution in [2.45, 2.75) is 11.8 Å². The number of benzene rings is 2. The quantitative estimate of drug-likeness (QED) is 0.435. The lowest BCUT2D eigenvalue weighted by molar-refractivity contribution is 0.104. The molecule has 0 fully saturated rings. The zero-order valence-corrected chi connectivity index (χ0v) is 14.4. The molecule has 0 aliphatic rings. The Kier molecular flexibility index (Phi) is 5.69. The van der Waals surface area contributed by atoms with Crippen molar-refractivity contribution >= 4 is 29.1 Å². The molecule has 114 valence electrons. The van der Waals surface area contributed by atoms with Gasteiger partial charge in [-0.05, 0) is 31.2 Å². The van der Waals surface area contributed by atoms with E-state index in [0.717, 1.165) is 10.5 Å². The van der Waals surface area contributed by atoms with Gasteiger partial charge in [0.2, 0.25) is 5.78 Å². The van der Waals surface area contributed by atoms with Crippen LogP contribution >= 0.6 is 23.4 Å². The van der Waals surface area contributed by atoms with Crippen molar-refractivity contribution in [1.82, 2.24) is 4.90 Å². The highest BCUT2D eigenvalue weighted by atomic mass is 35.5. The Hall–Kier alpha value is -1.71. The second kappa shape index (κ2) is 7.52. The average Bonchev–Trinajstić information content (AvgIpc) is 2.48. The Morgan fingerprint density at radius 1 is 1.05 bits per heavy atom. The number of Topliss-reactive ketones (excluding diaryl/α,β-unsaturated/α-hetero) is 1. The van der Waals surface area contributed by atoms with Crippen LogP contribution in [0.4, 0.5) is 0 Å². The molecule has 0 amide bonds. The summed E-state index contributed by atoms with van der Waals surface area (Å²) in [4.78, 5) is 16.3. The minimum Gasteiger partial charge on any atom is -0.382 e. The van der Waals surface area contributed by atoms with Gasteiger partial charge in [0.25, 0.3) is 0 Å². The van der Waals surface area contributed by atoms with Crippen molar-refractivity contribution in [3.05, 3.63) is 75.8 Å². The summed E-state index contributed by atoms with van der Waals surface area (Å²) in [7, 11) is 3.82. The Bertz CT molecular complexity index is 675. The molecular weight excluding hydrogens is 314 g/mol. The van der Waals surface area contributed by atoms with Crippen LogP contribution in [0.5, 0.6) is 0 Å². The molecule has 0 aliphatic heterocycles. The topological polar surface area (TPSA) is 20.3 Å². The number of thioether (sulfide) groups is 1. The third-order valence-corrected chi connectivity index (χ3v) is 4.23. The number of rotatable bonds is 5. The van der Waals surface area contributed by atoms with E-state index >= 15 is 0 Å². The maximum absolute atomic E-state index is 12.7. The van der Waals surface area contributed by atoms with Crippen LogP contribution in [0.25, 0.3) is 0 Å². The van der Waals surface area contributed by atoms with Crippen LogP contribution in [0.2, 0.25) is 5.02 Å². The maximum Gasteiger partial charge on any atom is 0.201 e. The second-order valence-corrected chi connectivity index (χ2v) is 6.76.